The van der Waals surface area contributed by atoms with E-state index in [1.165, 1.54) is 23.9 Å². The Morgan fingerprint density at radius 1 is 1.16 bits per heavy atom. The van der Waals surface area contributed by atoms with Gasteiger partial charge in [0.1, 0.15) is 17.7 Å². The number of para-hydroxylation sites is 1. The van der Waals surface area contributed by atoms with Gasteiger partial charge in [-0.2, -0.15) is 0 Å². The van der Waals surface area contributed by atoms with Crippen LogP contribution in [0.25, 0.3) is 0 Å². The maximum Gasteiger partial charge on any atom is 0.259 e. The molecule has 2 heterocycles. The van der Waals surface area contributed by atoms with Crippen molar-refractivity contribution >= 4 is 40.3 Å². The van der Waals surface area contributed by atoms with Gasteiger partial charge in [0.25, 0.3) is 5.91 Å². The zero-order chi connectivity index (χ0) is 22.1. The first-order valence-electron chi connectivity index (χ1n) is 10.1. The van der Waals surface area contributed by atoms with Gasteiger partial charge >= 0.3 is 0 Å². The van der Waals surface area contributed by atoms with E-state index in [0.29, 0.717) is 17.5 Å². The first kappa shape index (κ1) is 21.2. The van der Waals surface area contributed by atoms with E-state index in [-0.39, 0.29) is 23.5 Å². The van der Waals surface area contributed by atoms with Crippen LogP contribution >= 0.6 is 11.8 Å². The summed E-state index contributed by atoms with van der Waals surface area (Å²) < 4.78 is 13.1. The minimum atomic E-state index is -0.489. The molecule has 0 aromatic heterocycles. The summed E-state index contributed by atoms with van der Waals surface area (Å²) in [7, 11) is 0. The van der Waals surface area contributed by atoms with Crippen LogP contribution in [0.3, 0.4) is 0 Å². The number of nitrogens with one attached hydrogen (secondary N) is 1. The number of rotatable bonds is 5. The summed E-state index contributed by atoms with van der Waals surface area (Å²) in [5.74, 6) is 0.0179. The van der Waals surface area contributed by atoms with Crippen molar-refractivity contribution in [3.05, 3.63) is 65.5 Å². The van der Waals surface area contributed by atoms with Crippen molar-refractivity contribution in [2.45, 2.75) is 38.6 Å². The Hall–Kier alpha value is -3.00. The maximum atomic E-state index is 13.1. The summed E-state index contributed by atoms with van der Waals surface area (Å²) >= 11 is 1.23. The van der Waals surface area contributed by atoms with Crippen molar-refractivity contribution in [2.75, 3.05) is 0 Å². The molecule has 160 valence electrons. The number of hydrogen-bond donors (Lipinski definition) is 1. The van der Waals surface area contributed by atoms with Crippen LogP contribution in [0.5, 0.6) is 0 Å². The van der Waals surface area contributed by atoms with Crippen LogP contribution < -0.4 is 5.32 Å². The van der Waals surface area contributed by atoms with Crippen molar-refractivity contribution in [1.29, 1.82) is 0 Å². The number of hydrogen-bond acceptors (Lipinski definition) is 5. The van der Waals surface area contributed by atoms with Gasteiger partial charge in [-0.25, -0.2) is 14.3 Å². The Bertz CT molecular complexity index is 1080. The number of thioether (sulfide) groups is 1. The number of aliphatic imine (C=N–C) groups is 2. The zero-order valence-electron chi connectivity index (χ0n) is 17.5. The SMILES string of the molecule is CC(C)[C@@H]1N=C2c3ccccc3N=C(S[C@H](C)C(=O)NCc3ccc(F)cc3)N2C1=O. The predicted molar refractivity (Wildman–Crippen MR) is 121 cm³/mol. The van der Waals surface area contributed by atoms with Crippen molar-refractivity contribution in [2.24, 2.45) is 15.9 Å². The quantitative estimate of drug-likeness (QED) is 0.770. The van der Waals surface area contributed by atoms with Gasteiger partial charge < -0.3 is 5.32 Å². The average Bonchev–Trinajstić information content (AvgIpc) is 3.11. The van der Waals surface area contributed by atoms with E-state index in [9.17, 15) is 14.0 Å². The van der Waals surface area contributed by atoms with E-state index in [2.05, 4.69) is 15.3 Å². The maximum absolute atomic E-state index is 13.1. The smallest absolute Gasteiger partial charge is 0.259 e. The summed E-state index contributed by atoms with van der Waals surface area (Å²) in [6, 6.07) is 13.1. The molecule has 0 unspecified atom stereocenters. The lowest BCUT2D eigenvalue weighted by atomic mass is 10.1. The molecule has 0 aliphatic carbocycles. The fraction of sp³-hybridized carbons (Fsp3) is 0.304. The van der Waals surface area contributed by atoms with Gasteiger partial charge in [-0.05, 0) is 42.7 Å². The Morgan fingerprint density at radius 3 is 2.58 bits per heavy atom. The van der Waals surface area contributed by atoms with Gasteiger partial charge in [0.2, 0.25) is 5.91 Å². The van der Waals surface area contributed by atoms with E-state index in [1.54, 1.807) is 24.0 Å². The molecule has 2 aromatic rings. The van der Waals surface area contributed by atoms with Crippen LogP contribution in [0, 0.1) is 11.7 Å². The Labute approximate surface area is 184 Å². The molecule has 0 spiro atoms. The minimum Gasteiger partial charge on any atom is -0.351 e. The molecule has 0 saturated heterocycles. The van der Waals surface area contributed by atoms with Crippen LogP contribution in [-0.2, 0) is 16.1 Å². The summed E-state index contributed by atoms with van der Waals surface area (Å²) in [5.41, 5.74) is 2.35. The molecule has 0 radical (unpaired) electrons. The number of fused-ring (bicyclic) bond motifs is 3. The molecule has 1 N–H and O–H groups in total. The van der Waals surface area contributed by atoms with Crippen molar-refractivity contribution in [1.82, 2.24) is 10.2 Å². The molecule has 2 atom stereocenters. The highest BCUT2D eigenvalue weighted by Gasteiger charge is 2.43. The summed E-state index contributed by atoms with van der Waals surface area (Å²) in [4.78, 5) is 36.6. The number of carbonyl (C=O) groups excluding carboxylic acids is 2. The minimum absolute atomic E-state index is 0.0560. The predicted octanol–water partition coefficient (Wildman–Crippen LogP) is 3.88. The lowest BCUT2D eigenvalue weighted by molar-refractivity contribution is -0.125. The molecular weight excluding hydrogens is 415 g/mol. The van der Waals surface area contributed by atoms with Gasteiger partial charge in [0.05, 0.1) is 10.9 Å². The summed E-state index contributed by atoms with van der Waals surface area (Å²) in [6.45, 7) is 5.99. The highest BCUT2D eigenvalue weighted by atomic mass is 32.2. The van der Waals surface area contributed by atoms with Crippen LogP contribution in [0.2, 0.25) is 0 Å². The van der Waals surface area contributed by atoms with Gasteiger partial charge in [0.15, 0.2) is 5.17 Å². The van der Waals surface area contributed by atoms with Gasteiger partial charge in [-0.3, -0.25) is 14.6 Å². The Morgan fingerprint density at radius 2 is 1.87 bits per heavy atom. The van der Waals surface area contributed by atoms with E-state index in [4.69, 9.17) is 0 Å². The van der Waals surface area contributed by atoms with E-state index in [1.807, 2.05) is 38.1 Å². The molecule has 2 aliphatic heterocycles. The molecule has 2 aliphatic rings. The second-order valence-corrected chi connectivity index (χ2v) is 9.14. The number of nitrogens with zero attached hydrogens (tertiary/aromatic N) is 3. The lowest BCUT2D eigenvalue weighted by Gasteiger charge is -2.27. The highest BCUT2D eigenvalue weighted by Crippen LogP contribution is 2.35. The number of amidine groups is 2. The molecule has 0 bridgehead atoms. The van der Waals surface area contributed by atoms with E-state index < -0.39 is 11.3 Å². The highest BCUT2D eigenvalue weighted by molar-refractivity contribution is 8.15. The van der Waals surface area contributed by atoms with Gasteiger partial charge in [0, 0.05) is 12.1 Å². The van der Waals surface area contributed by atoms with Crippen LogP contribution in [-0.4, -0.2) is 39.0 Å². The van der Waals surface area contributed by atoms with Crippen molar-refractivity contribution in [3.8, 4) is 0 Å². The van der Waals surface area contributed by atoms with Crippen molar-refractivity contribution < 1.29 is 14.0 Å². The second kappa shape index (κ2) is 8.63. The molecule has 0 saturated carbocycles. The largest absolute Gasteiger partial charge is 0.351 e. The van der Waals surface area contributed by atoms with Crippen LogP contribution in [0.1, 0.15) is 31.9 Å². The third-order valence-corrected chi connectivity index (χ3v) is 6.21. The van der Waals surface area contributed by atoms with Crippen molar-refractivity contribution in [3.63, 3.8) is 0 Å². The molecule has 2 amide bonds. The summed E-state index contributed by atoms with van der Waals surface area (Å²) in [5, 5.41) is 2.82. The molecule has 31 heavy (non-hydrogen) atoms. The molecule has 0 fully saturated rings. The molecule has 8 heteroatoms. The van der Waals surface area contributed by atoms with Gasteiger partial charge in [-0.1, -0.05) is 49.9 Å². The van der Waals surface area contributed by atoms with Gasteiger partial charge in [-0.15, -0.1) is 0 Å². The topological polar surface area (TPSA) is 74.1 Å². The molecular formula is C23H23FN4O2S. The number of carbonyl (C=O) groups is 2. The van der Waals surface area contributed by atoms with Crippen LogP contribution in [0.15, 0.2) is 58.5 Å². The Balaban J connectivity index is 1.52. The molecule has 6 nitrogen and oxygen atoms in total. The van der Waals surface area contributed by atoms with E-state index >= 15 is 0 Å². The standard InChI is InChI=1S/C23H23FN4O2S/c1-13(2)19-22(30)28-20(27-19)17-6-4-5-7-18(17)26-23(28)31-14(3)21(29)25-12-15-8-10-16(24)11-9-15/h4-11,13-14,19H,12H2,1-3H3,(H,25,29)/t14-,19+/m1/s1. The normalized spacial score (nSPS) is 18.3. The molecule has 4 rings (SSSR count). The Kier molecular flexibility index (Phi) is 5.91. The first-order valence-corrected chi connectivity index (χ1v) is 11.0. The third-order valence-electron chi connectivity index (χ3n) is 5.16. The summed E-state index contributed by atoms with van der Waals surface area (Å²) in [6.07, 6.45) is 0. The first-order chi connectivity index (χ1) is 14.8. The number of halogens is 1. The molecule has 2 aromatic carbocycles. The average molecular weight is 439 g/mol. The van der Waals surface area contributed by atoms with Crippen LogP contribution in [0.4, 0.5) is 10.1 Å². The second-order valence-electron chi connectivity index (χ2n) is 7.83. The zero-order valence-corrected chi connectivity index (χ0v) is 18.3. The number of benzene rings is 2. The number of amides is 2. The van der Waals surface area contributed by atoms with E-state index in [0.717, 1.165) is 16.8 Å². The lowest BCUT2D eigenvalue weighted by Crippen LogP contribution is -2.43. The fourth-order valence-electron chi connectivity index (χ4n) is 3.43. The fourth-order valence-corrected chi connectivity index (χ4v) is 4.37. The third kappa shape index (κ3) is 4.25. The monoisotopic (exact) mass is 438 g/mol.